The van der Waals surface area contributed by atoms with E-state index in [4.69, 9.17) is 4.74 Å². The third-order valence-electron chi connectivity index (χ3n) is 1.12. The summed E-state index contributed by atoms with van der Waals surface area (Å²) >= 11 is 4.59. The number of aromatic nitrogens is 1. The van der Waals surface area contributed by atoms with Gasteiger partial charge in [0.2, 0.25) is 0 Å². The van der Waals surface area contributed by atoms with Crippen LogP contribution in [-0.4, -0.2) is 16.6 Å². The number of carbonyl (C=O) groups is 1. The van der Waals surface area contributed by atoms with Gasteiger partial charge in [0.15, 0.2) is 5.69 Å². The average Bonchev–Trinajstić information content (AvgIpc) is 2.30. The van der Waals surface area contributed by atoms with Gasteiger partial charge in [-0.15, -0.1) is 11.3 Å². The van der Waals surface area contributed by atoms with Crippen molar-refractivity contribution in [3.8, 4) is 0 Å². The molecule has 1 aromatic heterocycles. The molecule has 0 saturated heterocycles. The predicted octanol–water partition coefficient (Wildman–Crippen LogP) is 2.86. The van der Waals surface area contributed by atoms with Crippen LogP contribution in [0.2, 0.25) is 0 Å². The smallest absolute Gasteiger partial charge is 0.359 e. The van der Waals surface area contributed by atoms with E-state index in [1.54, 1.807) is 5.51 Å². The van der Waals surface area contributed by atoms with Crippen molar-refractivity contribution in [1.29, 1.82) is 0 Å². The predicted molar refractivity (Wildman–Crippen MR) is 55.0 cm³/mol. The number of hydrogen-bond donors (Lipinski definition) is 0. The van der Waals surface area contributed by atoms with Crippen molar-refractivity contribution in [2.24, 2.45) is 0 Å². The third-order valence-corrected chi connectivity index (χ3v) is 2.66. The minimum absolute atomic E-state index is 0.347. The van der Waals surface area contributed by atoms with Gasteiger partial charge >= 0.3 is 5.97 Å². The van der Waals surface area contributed by atoms with Crippen molar-refractivity contribution in [3.05, 3.63) is 15.0 Å². The number of esters is 1. The Labute approximate surface area is 89.3 Å². The molecule has 0 aliphatic carbocycles. The second kappa shape index (κ2) is 3.75. The molecule has 0 N–H and O–H groups in total. The van der Waals surface area contributed by atoms with Gasteiger partial charge in [0.1, 0.15) is 9.39 Å². The maximum Gasteiger partial charge on any atom is 0.359 e. The fourth-order valence-corrected chi connectivity index (χ4v) is 1.70. The summed E-state index contributed by atoms with van der Waals surface area (Å²) < 4.78 is 5.85. The molecule has 0 aliphatic heterocycles. The number of halogens is 1. The molecule has 1 rings (SSSR count). The largest absolute Gasteiger partial charge is 0.455 e. The molecule has 1 aromatic rings. The number of nitrogens with zero attached hydrogens (tertiary/aromatic N) is 1. The molecule has 0 atom stereocenters. The Balaban J connectivity index is 2.76. The molecule has 0 radical (unpaired) electrons. The van der Waals surface area contributed by atoms with Crippen LogP contribution in [0.25, 0.3) is 0 Å². The number of hydrogen-bond acceptors (Lipinski definition) is 4. The van der Waals surface area contributed by atoms with Crippen LogP contribution in [0.5, 0.6) is 0 Å². The highest BCUT2D eigenvalue weighted by molar-refractivity contribution is 9.11. The highest BCUT2D eigenvalue weighted by atomic mass is 79.9. The summed E-state index contributed by atoms with van der Waals surface area (Å²) in [7, 11) is 0. The monoisotopic (exact) mass is 263 g/mol. The van der Waals surface area contributed by atoms with Crippen molar-refractivity contribution in [1.82, 2.24) is 4.98 Å². The molecule has 72 valence electrons. The molecule has 0 aromatic carbocycles. The van der Waals surface area contributed by atoms with Crippen molar-refractivity contribution >= 4 is 33.2 Å². The van der Waals surface area contributed by atoms with Gasteiger partial charge < -0.3 is 4.74 Å². The maximum absolute atomic E-state index is 11.4. The van der Waals surface area contributed by atoms with E-state index >= 15 is 0 Å². The van der Waals surface area contributed by atoms with Crippen LogP contribution in [-0.2, 0) is 4.74 Å². The molecule has 1 heterocycles. The van der Waals surface area contributed by atoms with Gasteiger partial charge in [0, 0.05) is 0 Å². The van der Waals surface area contributed by atoms with E-state index in [1.807, 2.05) is 20.8 Å². The van der Waals surface area contributed by atoms with E-state index in [2.05, 4.69) is 20.9 Å². The van der Waals surface area contributed by atoms with Crippen LogP contribution in [0, 0.1) is 0 Å². The first-order chi connectivity index (χ1) is 5.90. The van der Waals surface area contributed by atoms with Gasteiger partial charge in [-0.3, -0.25) is 0 Å². The lowest BCUT2D eigenvalue weighted by Gasteiger charge is -2.18. The zero-order chi connectivity index (χ0) is 10.1. The first-order valence-electron chi connectivity index (χ1n) is 3.72. The fourth-order valence-electron chi connectivity index (χ4n) is 0.691. The highest BCUT2D eigenvalue weighted by Crippen LogP contribution is 2.22. The Hall–Kier alpha value is -0.420. The van der Waals surface area contributed by atoms with Gasteiger partial charge in [-0.1, -0.05) is 0 Å². The number of rotatable bonds is 1. The van der Waals surface area contributed by atoms with E-state index in [0.717, 1.165) is 0 Å². The minimum Gasteiger partial charge on any atom is -0.455 e. The van der Waals surface area contributed by atoms with E-state index < -0.39 is 5.60 Å². The minimum atomic E-state index is -0.472. The van der Waals surface area contributed by atoms with Crippen molar-refractivity contribution in [2.45, 2.75) is 26.4 Å². The van der Waals surface area contributed by atoms with E-state index in [1.165, 1.54) is 11.3 Å². The lowest BCUT2D eigenvalue weighted by Crippen LogP contribution is -2.24. The molecule has 0 amide bonds. The maximum atomic E-state index is 11.4. The van der Waals surface area contributed by atoms with Gasteiger partial charge in [-0.25, -0.2) is 9.78 Å². The van der Waals surface area contributed by atoms with Gasteiger partial charge in [0.25, 0.3) is 0 Å². The lowest BCUT2D eigenvalue weighted by molar-refractivity contribution is 0.00627. The van der Waals surface area contributed by atoms with Gasteiger partial charge in [-0.05, 0) is 36.7 Å². The fraction of sp³-hybridized carbons (Fsp3) is 0.500. The number of ether oxygens (including phenoxy) is 1. The third kappa shape index (κ3) is 3.08. The summed E-state index contributed by atoms with van der Waals surface area (Å²) in [4.78, 5) is 15.3. The van der Waals surface area contributed by atoms with Crippen LogP contribution in [0.15, 0.2) is 9.30 Å². The van der Waals surface area contributed by atoms with Crippen LogP contribution in [0.3, 0.4) is 0 Å². The second-order valence-corrected chi connectivity index (χ2v) is 5.65. The lowest BCUT2D eigenvalue weighted by atomic mass is 10.2. The second-order valence-electron chi connectivity index (χ2n) is 3.48. The zero-order valence-corrected chi connectivity index (χ0v) is 10.0. The summed E-state index contributed by atoms with van der Waals surface area (Å²) in [5.74, 6) is -0.388. The molecule has 13 heavy (non-hydrogen) atoms. The molecule has 0 bridgehead atoms. The Kier molecular flexibility index (Phi) is 3.08. The van der Waals surface area contributed by atoms with E-state index in [9.17, 15) is 4.79 Å². The van der Waals surface area contributed by atoms with Crippen LogP contribution in [0.1, 0.15) is 31.3 Å². The van der Waals surface area contributed by atoms with Crippen LogP contribution < -0.4 is 0 Å². The molecule has 3 nitrogen and oxygen atoms in total. The Morgan fingerprint density at radius 3 is 2.62 bits per heavy atom. The summed E-state index contributed by atoms with van der Waals surface area (Å²) in [5, 5.41) is 0. The topological polar surface area (TPSA) is 39.2 Å². The SMILES string of the molecule is CC(C)(C)OC(=O)c1ncsc1Br. The van der Waals surface area contributed by atoms with Crippen LogP contribution in [0.4, 0.5) is 0 Å². The summed E-state index contributed by atoms with van der Waals surface area (Å²) in [5.41, 5.74) is 1.48. The highest BCUT2D eigenvalue weighted by Gasteiger charge is 2.21. The van der Waals surface area contributed by atoms with E-state index in [0.29, 0.717) is 9.48 Å². The first-order valence-corrected chi connectivity index (χ1v) is 5.40. The normalized spacial score (nSPS) is 11.4. The summed E-state index contributed by atoms with van der Waals surface area (Å²) in [6, 6.07) is 0. The van der Waals surface area contributed by atoms with Crippen molar-refractivity contribution in [2.75, 3.05) is 0 Å². The zero-order valence-electron chi connectivity index (χ0n) is 7.63. The molecular weight excluding hydrogens is 254 g/mol. The molecule has 0 unspecified atom stereocenters. The number of carbonyl (C=O) groups excluding carboxylic acids is 1. The van der Waals surface area contributed by atoms with Gasteiger partial charge in [-0.2, -0.15) is 0 Å². The Morgan fingerprint density at radius 1 is 1.62 bits per heavy atom. The Morgan fingerprint density at radius 2 is 2.23 bits per heavy atom. The molecule has 5 heteroatoms. The van der Waals surface area contributed by atoms with Gasteiger partial charge in [0.05, 0.1) is 5.51 Å². The Bertz CT molecular complexity index is 316. The quantitative estimate of drug-likeness (QED) is 0.732. The first kappa shape index (κ1) is 10.7. The summed E-state index contributed by atoms with van der Waals surface area (Å²) in [6.45, 7) is 5.47. The average molecular weight is 264 g/mol. The molecular formula is C8H10BrNO2S. The van der Waals surface area contributed by atoms with Crippen molar-refractivity contribution < 1.29 is 9.53 Å². The molecule has 0 spiro atoms. The molecule has 0 fully saturated rings. The standard InChI is InChI=1S/C8H10BrNO2S/c1-8(2,3)12-7(11)5-6(9)13-4-10-5/h4H,1-3H3. The van der Waals surface area contributed by atoms with Crippen molar-refractivity contribution in [3.63, 3.8) is 0 Å². The number of thiazole rings is 1. The van der Waals surface area contributed by atoms with Crippen LogP contribution >= 0.6 is 27.3 Å². The summed E-state index contributed by atoms with van der Waals surface area (Å²) in [6.07, 6.45) is 0. The molecule has 0 saturated carbocycles. The molecule has 0 aliphatic rings. The van der Waals surface area contributed by atoms with E-state index in [-0.39, 0.29) is 5.97 Å².